The maximum atomic E-state index is 13.4. The fourth-order valence-electron chi connectivity index (χ4n) is 8.18. The predicted molar refractivity (Wildman–Crippen MR) is 254 cm³/mol. The van der Waals surface area contributed by atoms with Crippen LogP contribution in [0.3, 0.4) is 0 Å². The van der Waals surface area contributed by atoms with Gasteiger partial charge in [-0.1, -0.05) is 175 Å². The number of nitrogens with one attached hydrogen (secondary N) is 3. The van der Waals surface area contributed by atoms with Crippen LogP contribution in [0.4, 0.5) is 0 Å². The predicted octanol–water partition coefficient (Wildman–Crippen LogP) is 9.06. The SMILES string of the molecule is CCCCCCCCCCC(C(=O)CNCCN(CCNC(=O)C(CCCCCCCCCC)N(C)C)CCNC(=O)C(CCCCCCCCCC)N(C)C)N(C)C. The zero-order valence-electron chi connectivity index (χ0n) is 40.8. The second-order valence-electron chi connectivity index (χ2n) is 18.3. The van der Waals surface area contributed by atoms with Crippen LogP contribution >= 0.6 is 0 Å². The molecule has 0 bridgehead atoms. The van der Waals surface area contributed by atoms with Crippen LogP contribution in [-0.2, 0) is 14.4 Å². The monoisotopic (exact) mass is 836 g/mol. The number of carbonyl (C=O) groups excluding carboxylic acids is 3. The summed E-state index contributed by atoms with van der Waals surface area (Å²) in [5.41, 5.74) is 0. The molecule has 0 aromatic rings. The molecule has 0 aliphatic heterocycles. The summed E-state index contributed by atoms with van der Waals surface area (Å²) in [5.74, 6) is 0.438. The molecule has 0 saturated heterocycles. The van der Waals surface area contributed by atoms with Gasteiger partial charge in [-0.05, 0) is 61.5 Å². The molecule has 350 valence electrons. The quantitative estimate of drug-likeness (QED) is 0.0524. The van der Waals surface area contributed by atoms with Crippen molar-refractivity contribution in [2.75, 3.05) is 88.1 Å². The van der Waals surface area contributed by atoms with Gasteiger partial charge in [0.25, 0.3) is 0 Å². The number of nitrogens with zero attached hydrogens (tertiary/aromatic N) is 4. The van der Waals surface area contributed by atoms with E-state index in [-0.39, 0.29) is 35.7 Å². The first-order chi connectivity index (χ1) is 28.5. The Labute approximate surface area is 366 Å². The van der Waals surface area contributed by atoms with Gasteiger partial charge in [-0.15, -0.1) is 0 Å². The average molecular weight is 836 g/mol. The third kappa shape index (κ3) is 32.7. The minimum Gasteiger partial charge on any atom is -0.353 e. The van der Waals surface area contributed by atoms with Gasteiger partial charge in [0.2, 0.25) is 11.8 Å². The number of amides is 2. The van der Waals surface area contributed by atoms with Gasteiger partial charge in [-0.3, -0.25) is 34.0 Å². The van der Waals surface area contributed by atoms with Crippen molar-refractivity contribution in [3.63, 3.8) is 0 Å². The van der Waals surface area contributed by atoms with Gasteiger partial charge in [0.1, 0.15) is 0 Å². The lowest BCUT2D eigenvalue weighted by molar-refractivity contribution is -0.126. The Kier molecular flexibility index (Phi) is 39.4. The van der Waals surface area contributed by atoms with E-state index in [2.05, 4.69) is 56.3 Å². The van der Waals surface area contributed by atoms with Crippen LogP contribution in [0.1, 0.15) is 194 Å². The number of unbranched alkanes of at least 4 members (excludes halogenated alkanes) is 21. The van der Waals surface area contributed by atoms with E-state index in [0.717, 1.165) is 45.1 Å². The molecule has 2 amide bonds. The van der Waals surface area contributed by atoms with Crippen molar-refractivity contribution < 1.29 is 14.4 Å². The Bertz CT molecular complexity index is 929. The van der Waals surface area contributed by atoms with Gasteiger partial charge in [0.15, 0.2) is 5.78 Å². The van der Waals surface area contributed by atoms with Crippen molar-refractivity contribution in [1.29, 1.82) is 0 Å². The van der Waals surface area contributed by atoms with E-state index in [4.69, 9.17) is 0 Å². The van der Waals surface area contributed by atoms with E-state index in [0.29, 0.717) is 39.3 Å². The van der Waals surface area contributed by atoms with Gasteiger partial charge in [-0.25, -0.2) is 0 Å². The maximum Gasteiger partial charge on any atom is 0.237 e. The number of carbonyl (C=O) groups is 3. The van der Waals surface area contributed by atoms with Crippen LogP contribution in [0.2, 0.25) is 0 Å². The molecule has 0 saturated carbocycles. The standard InChI is InChI=1S/C49H101N7O3/c1-10-13-16-19-22-25-28-31-34-44(53(4)5)47(57)43-50-37-40-56(41-38-51-48(58)45(54(6)7)35-32-29-26-23-20-17-14-11-2)42-39-52-49(59)46(55(8)9)36-33-30-27-24-21-18-15-12-3/h44-46,50H,10-43H2,1-9H3,(H,51,58)(H,52,59). The number of likely N-dealkylation sites (N-methyl/N-ethyl adjacent to an activating group) is 3. The van der Waals surface area contributed by atoms with E-state index in [9.17, 15) is 14.4 Å². The number of Topliss-reactive ketones (excluding diaryl/α,β-unsaturated/α-hetero) is 1. The highest BCUT2D eigenvalue weighted by molar-refractivity contribution is 5.85. The van der Waals surface area contributed by atoms with Gasteiger partial charge >= 0.3 is 0 Å². The average Bonchev–Trinajstić information content (AvgIpc) is 3.19. The second-order valence-corrected chi connectivity index (χ2v) is 18.3. The fraction of sp³-hybridized carbons (Fsp3) is 0.939. The molecule has 10 nitrogen and oxygen atoms in total. The first-order valence-electron chi connectivity index (χ1n) is 25.0. The van der Waals surface area contributed by atoms with Crippen LogP contribution in [-0.4, -0.2) is 143 Å². The number of hydrogen-bond acceptors (Lipinski definition) is 8. The molecule has 0 aliphatic rings. The summed E-state index contributed by atoms with van der Waals surface area (Å²) < 4.78 is 0. The summed E-state index contributed by atoms with van der Waals surface area (Å²) in [6, 6.07) is -0.320. The van der Waals surface area contributed by atoms with Crippen LogP contribution in [0.5, 0.6) is 0 Å². The molecule has 0 fully saturated rings. The first kappa shape index (κ1) is 57.4. The molecule has 0 spiro atoms. The third-order valence-corrected chi connectivity index (χ3v) is 12.2. The van der Waals surface area contributed by atoms with Crippen molar-refractivity contribution in [3.05, 3.63) is 0 Å². The lowest BCUT2D eigenvalue weighted by atomic mass is 10.0. The topological polar surface area (TPSA) is 100 Å². The molecule has 0 aromatic carbocycles. The Morgan fingerprint density at radius 3 is 1.00 bits per heavy atom. The zero-order chi connectivity index (χ0) is 43.9. The molecule has 10 heteroatoms. The maximum absolute atomic E-state index is 13.4. The second kappa shape index (κ2) is 40.5. The highest BCUT2D eigenvalue weighted by Gasteiger charge is 2.23. The molecule has 59 heavy (non-hydrogen) atoms. The summed E-state index contributed by atoms with van der Waals surface area (Å²) in [6.45, 7) is 11.0. The Morgan fingerprint density at radius 2 is 0.678 bits per heavy atom. The van der Waals surface area contributed by atoms with E-state index >= 15 is 0 Å². The van der Waals surface area contributed by atoms with Gasteiger partial charge in [-0.2, -0.15) is 0 Å². The lowest BCUT2D eigenvalue weighted by Gasteiger charge is -2.27. The van der Waals surface area contributed by atoms with Crippen LogP contribution in [0, 0.1) is 0 Å². The van der Waals surface area contributed by atoms with Crippen molar-refractivity contribution in [1.82, 2.24) is 35.6 Å². The first-order valence-corrected chi connectivity index (χ1v) is 25.0. The highest BCUT2D eigenvalue weighted by Crippen LogP contribution is 2.15. The molecule has 0 rings (SSSR count). The van der Waals surface area contributed by atoms with Gasteiger partial charge < -0.3 is 16.0 Å². The third-order valence-electron chi connectivity index (χ3n) is 12.2. The molecule has 0 heterocycles. The minimum atomic E-state index is -0.130. The van der Waals surface area contributed by atoms with Crippen LogP contribution < -0.4 is 16.0 Å². The van der Waals surface area contributed by atoms with Crippen molar-refractivity contribution in [3.8, 4) is 0 Å². The van der Waals surface area contributed by atoms with Crippen molar-refractivity contribution in [2.45, 2.75) is 212 Å². The molecule has 0 aliphatic carbocycles. The normalized spacial score (nSPS) is 13.4. The summed E-state index contributed by atoms with van der Waals surface area (Å²) in [4.78, 5) is 48.5. The molecule has 0 radical (unpaired) electrons. The molecular weight excluding hydrogens is 735 g/mol. The fourth-order valence-corrected chi connectivity index (χ4v) is 8.18. The van der Waals surface area contributed by atoms with E-state index in [1.165, 1.54) is 135 Å². The Morgan fingerprint density at radius 1 is 0.390 bits per heavy atom. The van der Waals surface area contributed by atoms with Crippen LogP contribution in [0.15, 0.2) is 0 Å². The highest BCUT2D eigenvalue weighted by atomic mass is 16.2. The Hall–Kier alpha value is -1.59. The van der Waals surface area contributed by atoms with E-state index in [1.807, 2.05) is 42.3 Å². The minimum absolute atomic E-state index is 0.0602. The molecular formula is C49H101N7O3. The number of ketones is 1. The van der Waals surface area contributed by atoms with E-state index in [1.54, 1.807) is 0 Å². The zero-order valence-corrected chi connectivity index (χ0v) is 40.8. The van der Waals surface area contributed by atoms with Crippen molar-refractivity contribution in [2.24, 2.45) is 0 Å². The van der Waals surface area contributed by atoms with E-state index < -0.39 is 0 Å². The number of hydrogen-bond donors (Lipinski definition) is 3. The summed E-state index contributed by atoms with van der Waals surface area (Å²) >= 11 is 0. The molecule has 3 atom stereocenters. The summed E-state index contributed by atoms with van der Waals surface area (Å²) in [7, 11) is 12.0. The number of rotatable bonds is 44. The van der Waals surface area contributed by atoms with Crippen molar-refractivity contribution >= 4 is 17.6 Å². The van der Waals surface area contributed by atoms with Gasteiger partial charge in [0, 0.05) is 39.3 Å². The molecule has 3 N–H and O–H groups in total. The Balaban J connectivity index is 5.14. The largest absolute Gasteiger partial charge is 0.353 e. The molecule has 0 aromatic heterocycles. The lowest BCUT2D eigenvalue weighted by Crippen LogP contribution is -2.48. The molecule has 3 unspecified atom stereocenters. The smallest absolute Gasteiger partial charge is 0.237 e. The van der Waals surface area contributed by atoms with Crippen LogP contribution in [0.25, 0.3) is 0 Å². The van der Waals surface area contributed by atoms with Gasteiger partial charge in [0.05, 0.1) is 24.7 Å². The summed E-state index contributed by atoms with van der Waals surface area (Å²) in [5, 5.41) is 9.90. The summed E-state index contributed by atoms with van der Waals surface area (Å²) in [6.07, 6.45) is 32.9.